The number of hydrogen-bond donors (Lipinski definition) is 1. The van der Waals surface area contributed by atoms with Crippen molar-refractivity contribution in [2.45, 2.75) is 0 Å². The van der Waals surface area contributed by atoms with Gasteiger partial charge in [0.1, 0.15) is 0 Å². The van der Waals surface area contributed by atoms with Crippen molar-refractivity contribution >= 4 is 21.7 Å². The van der Waals surface area contributed by atoms with Crippen LogP contribution in [-0.2, 0) is 0 Å². The first-order valence-electron chi connectivity index (χ1n) is 6.86. The number of aromatic amines is 1. The Balaban J connectivity index is 1.98. The van der Waals surface area contributed by atoms with E-state index in [0.717, 1.165) is 16.6 Å². The summed E-state index contributed by atoms with van der Waals surface area (Å²) in [7, 11) is 0. The summed E-state index contributed by atoms with van der Waals surface area (Å²) in [6.07, 6.45) is 0. The van der Waals surface area contributed by atoms with Crippen LogP contribution in [0.5, 0.6) is 0 Å². The van der Waals surface area contributed by atoms with E-state index in [-0.39, 0.29) is 0 Å². The lowest BCUT2D eigenvalue weighted by molar-refractivity contribution is 1.46. The van der Waals surface area contributed by atoms with E-state index in [1.165, 1.54) is 16.3 Å². The maximum absolute atomic E-state index is 9.00. The van der Waals surface area contributed by atoms with Gasteiger partial charge in [-0.25, -0.2) is 0 Å². The Bertz CT molecular complexity index is 998. The molecule has 1 aromatic heterocycles. The molecule has 98 valence electrons. The largest absolute Gasteiger partial charge is 0.355 e. The molecular formula is C19H12N2. The molecule has 0 saturated heterocycles. The first-order valence-corrected chi connectivity index (χ1v) is 6.86. The minimum Gasteiger partial charge on any atom is -0.355 e. The average molecular weight is 268 g/mol. The topological polar surface area (TPSA) is 39.6 Å². The van der Waals surface area contributed by atoms with Gasteiger partial charge in [0.25, 0.3) is 0 Å². The molecule has 0 unspecified atom stereocenters. The Hall–Kier alpha value is -3.05. The van der Waals surface area contributed by atoms with Gasteiger partial charge in [0, 0.05) is 22.2 Å². The van der Waals surface area contributed by atoms with Crippen molar-refractivity contribution in [1.29, 1.82) is 5.26 Å². The Morgan fingerprint density at radius 1 is 0.810 bits per heavy atom. The third-order valence-corrected chi connectivity index (χ3v) is 3.83. The number of rotatable bonds is 1. The Morgan fingerprint density at radius 2 is 1.67 bits per heavy atom. The summed E-state index contributed by atoms with van der Waals surface area (Å²) in [5, 5.41) is 12.5. The molecule has 0 amide bonds. The number of nitrogens with zero attached hydrogens (tertiary/aromatic N) is 1. The summed E-state index contributed by atoms with van der Waals surface area (Å²) in [5.41, 5.74) is 4.00. The van der Waals surface area contributed by atoms with Crippen molar-refractivity contribution in [2.75, 3.05) is 0 Å². The fraction of sp³-hybridized carbons (Fsp3) is 0. The summed E-state index contributed by atoms with van der Waals surface area (Å²) in [6, 6.07) is 24.7. The third-order valence-electron chi connectivity index (χ3n) is 3.83. The normalized spacial score (nSPS) is 10.8. The standard InChI is InChI=1S/C19H12N2/c20-12-13-8-9-18-15(10-13)11-19(21-18)17-7-3-5-14-4-1-2-6-16(14)17/h1-11,21H. The van der Waals surface area contributed by atoms with Crippen LogP contribution in [0.4, 0.5) is 0 Å². The van der Waals surface area contributed by atoms with Crippen molar-refractivity contribution in [1.82, 2.24) is 4.98 Å². The fourth-order valence-electron chi connectivity index (χ4n) is 2.81. The summed E-state index contributed by atoms with van der Waals surface area (Å²) in [6.45, 7) is 0. The molecule has 4 aromatic rings. The van der Waals surface area contributed by atoms with Crippen LogP contribution in [0, 0.1) is 11.3 Å². The van der Waals surface area contributed by atoms with Crippen LogP contribution in [0.1, 0.15) is 5.56 Å². The number of aromatic nitrogens is 1. The lowest BCUT2D eigenvalue weighted by Gasteiger charge is -2.04. The molecule has 0 atom stereocenters. The second kappa shape index (κ2) is 4.50. The van der Waals surface area contributed by atoms with Crippen LogP contribution in [0.15, 0.2) is 66.7 Å². The highest BCUT2D eigenvalue weighted by molar-refractivity contribution is 5.98. The third kappa shape index (κ3) is 1.87. The van der Waals surface area contributed by atoms with E-state index in [4.69, 9.17) is 5.26 Å². The van der Waals surface area contributed by atoms with Gasteiger partial charge in [-0.3, -0.25) is 0 Å². The van der Waals surface area contributed by atoms with Crippen LogP contribution in [0.2, 0.25) is 0 Å². The van der Waals surface area contributed by atoms with E-state index in [1.807, 2.05) is 18.2 Å². The molecule has 0 aliphatic carbocycles. The summed E-state index contributed by atoms with van der Waals surface area (Å²) in [4.78, 5) is 3.45. The number of H-pyrrole nitrogens is 1. The first-order chi connectivity index (χ1) is 10.3. The molecule has 1 N–H and O–H groups in total. The zero-order valence-corrected chi connectivity index (χ0v) is 11.3. The van der Waals surface area contributed by atoms with E-state index in [2.05, 4.69) is 59.6 Å². The summed E-state index contributed by atoms with van der Waals surface area (Å²) >= 11 is 0. The highest BCUT2D eigenvalue weighted by atomic mass is 14.7. The van der Waals surface area contributed by atoms with E-state index < -0.39 is 0 Å². The van der Waals surface area contributed by atoms with Crippen molar-refractivity contribution < 1.29 is 0 Å². The van der Waals surface area contributed by atoms with Gasteiger partial charge in [0.05, 0.1) is 11.6 Å². The van der Waals surface area contributed by atoms with Gasteiger partial charge < -0.3 is 4.98 Å². The number of nitrogens with one attached hydrogen (secondary N) is 1. The molecule has 0 aliphatic rings. The van der Waals surface area contributed by atoms with Gasteiger partial charge in [0.2, 0.25) is 0 Å². The summed E-state index contributed by atoms with van der Waals surface area (Å²) in [5.74, 6) is 0. The monoisotopic (exact) mass is 268 g/mol. The van der Waals surface area contributed by atoms with E-state index >= 15 is 0 Å². The van der Waals surface area contributed by atoms with E-state index in [1.54, 1.807) is 0 Å². The maximum Gasteiger partial charge on any atom is 0.0991 e. The fourth-order valence-corrected chi connectivity index (χ4v) is 2.81. The molecule has 0 spiro atoms. The Morgan fingerprint density at radius 3 is 2.57 bits per heavy atom. The lowest BCUT2D eigenvalue weighted by Crippen LogP contribution is -1.80. The minimum atomic E-state index is 0.686. The SMILES string of the molecule is N#Cc1ccc2[nH]c(-c3cccc4ccccc34)cc2c1. The molecule has 0 radical (unpaired) electrons. The molecule has 0 bridgehead atoms. The molecule has 0 aliphatic heterocycles. The van der Waals surface area contributed by atoms with Crippen molar-refractivity contribution in [3.05, 3.63) is 72.3 Å². The number of nitriles is 1. The van der Waals surface area contributed by atoms with Crippen LogP contribution >= 0.6 is 0 Å². The molecule has 0 fully saturated rings. The highest BCUT2D eigenvalue weighted by Crippen LogP contribution is 2.30. The molecule has 3 aromatic carbocycles. The van der Waals surface area contributed by atoms with Gasteiger partial charge in [-0.05, 0) is 35.0 Å². The molecule has 0 saturated carbocycles. The minimum absolute atomic E-state index is 0.686. The zero-order chi connectivity index (χ0) is 14.2. The predicted molar refractivity (Wildman–Crippen MR) is 86.0 cm³/mol. The lowest BCUT2D eigenvalue weighted by atomic mass is 10.0. The number of benzene rings is 3. The van der Waals surface area contributed by atoms with E-state index in [0.29, 0.717) is 5.56 Å². The second-order valence-corrected chi connectivity index (χ2v) is 5.12. The zero-order valence-electron chi connectivity index (χ0n) is 11.3. The van der Waals surface area contributed by atoms with Crippen LogP contribution in [0.25, 0.3) is 32.9 Å². The highest BCUT2D eigenvalue weighted by Gasteiger charge is 2.07. The molecular weight excluding hydrogens is 256 g/mol. The van der Waals surface area contributed by atoms with Gasteiger partial charge in [-0.1, -0.05) is 42.5 Å². The Labute approximate surface area is 122 Å². The van der Waals surface area contributed by atoms with E-state index in [9.17, 15) is 0 Å². The Kier molecular flexibility index (Phi) is 2.52. The molecule has 1 heterocycles. The van der Waals surface area contributed by atoms with Gasteiger partial charge >= 0.3 is 0 Å². The van der Waals surface area contributed by atoms with Crippen molar-refractivity contribution in [3.8, 4) is 17.3 Å². The van der Waals surface area contributed by atoms with Gasteiger partial charge in [0.15, 0.2) is 0 Å². The van der Waals surface area contributed by atoms with Crippen LogP contribution in [-0.4, -0.2) is 4.98 Å². The second-order valence-electron chi connectivity index (χ2n) is 5.12. The van der Waals surface area contributed by atoms with Gasteiger partial charge in [-0.2, -0.15) is 5.26 Å². The van der Waals surface area contributed by atoms with Gasteiger partial charge in [-0.15, -0.1) is 0 Å². The van der Waals surface area contributed by atoms with Crippen molar-refractivity contribution in [2.24, 2.45) is 0 Å². The maximum atomic E-state index is 9.00. The summed E-state index contributed by atoms with van der Waals surface area (Å²) < 4.78 is 0. The molecule has 2 heteroatoms. The number of fused-ring (bicyclic) bond motifs is 2. The van der Waals surface area contributed by atoms with Crippen LogP contribution in [0.3, 0.4) is 0 Å². The molecule has 21 heavy (non-hydrogen) atoms. The van der Waals surface area contributed by atoms with Crippen LogP contribution < -0.4 is 0 Å². The molecule has 4 rings (SSSR count). The van der Waals surface area contributed by atoms with Crippen molar-refractivity contribution in [3.63, 3.8) is 0 Å². The first kappa shape index (κ1) is 11.7. The quantitative estimate of drug-likeness (QED) is 0.526. The number of hydrogen-bond acceptors (Lipinski definition) is 1. The predicted octanol–water partition coefficient (Wildman–Crippen LogP) is 4.86. The molecule has 2 nitrogen and oxygen atoms in total. The smallest absolute Gasteiger partial charge is 0.0991 e. The average Bonchev–Trinajstić information content (AvgIpc) is 2.97.